The quantitative estimate of drug-likeness (QED) is 0.165. The van der Waals surface area contributed by atoms with Crippen LogP contribution in [0, 0.1) is 0 Å². The van der Waals surface area contributed by atoms with Crippen molar-refractivity contribution in [2.45, 2.75) is 31.0 Å². The first-order valence-corrected chi connectivity index (χ1v) is 9.91. The standard InChI is InChI=1S/C20H26N6O7/c21-14(6-12-7-22-10-24-12)18(30)26-16(9-27)19(31)23-8-17(29)25-15(20(32)33)5-11-1-3-13(28)4-2-11/h1-4,7,10,14-16,27-28H,5-6,8-9,21H2,(H,22,24)(H,23,31)(H,25,29)(H,26,30)(H,32,33). The number of phenolic OH excluding ortho intramolecular Hbond substituents is 1. The van der Waals surface area contributed by atoms with Crippen molar-refractivity contribution in [3.05, 3.63) is 48.0 Å². The Bertz CT molecular complexity index is 948. The molecule has 2 aromatic rings. The van der Waals surface area contributed by atoms with E-state index >= 15 is 0 Å². The average molecular weight is 462 g/mol. The van der Waals surface area contributed by atoms with Crippen LogP contribution in [0.25, 0.3) is 0 Å². The third-order valence-electron chi connectivity index (χ3n) is 4.58. The SMILES string of the molecule is NC(Cc1cnc[nH]1)C(=O)NC(CO)C(=O)NCC(=O)NC(Cc1ccc(O)cc1)C(=O)O. The number of nitrogens with one attached hydrogen (secondary N) is 4. The molecule has 1 aromatic heterocycles. The fraction of sp³-hybridized carbons (Fsp3) is 0.350. The van der Waals surface area contributed by atoms with Crippen LogP contribution in [0.1, 0.15) is 11.3 Å². The van der Waals surface area contributed by atoms with Crippen molar-refractivity contribution in [2.24, 2.45) is 5.73 Å². The fourth-order valence-corrected chi connectivity index (χ4v) is 2.80. The van der Waals surface area contributed by atoms with Gasteiger partial charge in [-0.3, -0.25) is 14.4 Å². The van der Waals surface area contributed by atoms with Crippen molar-refractivity contribution >= 4 is 23.7 Å². The molecule has 13 heteroatoms. The highest BCUT2D eigenvalue weighted by molar-refractivity contribution is 5.92. The maximum Gasteiger partial charge on any atom is 0.326 e. The van der Waals surface area contributed by atoms with E-state index in [0.29, 0.717) is 11.3 Å². The first kappa shape index (κ1) is 25.3. The lowest BCUT2D eigenvalue weighted by Gasteiger charge is -2.19. The number of carboxylic acids is 1. The molecule has 0 radical (unpaired) electrons. The number of amides is 3. The van der Waals surface area contributed by atoms with Crippen molar-refractivity contribution in [3.8, 4) is 5.75 Å². The molecule has 3 amide bonds. The summed E-state index contributed by atoms with van der Waals surface area (Å²) in [5, 5.41) is 34.9. The number of hydrogen-bond donors (Lipinski definition) is 8. The molecule has 0 saturated carbocycles. The van der Waals surface area contributed by atoms with Crippen LogP contribution < -0.4 is 21.7 Å². The number of carbonyl (C=O) groups excluding carboxylic acids is 3. The minimum Gasteiger partial charge on any atom is -0.508 e. The summed E-state index contributed by atoms with van der Waals surface area (Å²) in [7, 11) is 0. The predicted octanol–water partition coefficient (Wildman–Crippen LogP) is -2.61. The van der Waals surface area contributed by atoms with Gasteiger partial charge < -0.3 is 42.0 Å². The van der Waals surface area contributed by atoms with Crippen LogP contribution in [0.5, 0.6) is 5.75 Å². The highest BCUT2D eigenvalue weighted by Gasteiger charge is 2.25. The van der Waals surface area contributed by atoms with Crippen molar-refractivity contribution in [1.29, 1.82) is 0 Å². The minimum absolute atomic E-state index is 0.0187. The Balaban J connectivity index is 1.83. The predicted molar refractivity (Wildman–Crippen MR) is 114 cm³/mol. The molecule has 0 aliphatic heterocycles. The molecule has 9 N–H and O–H groups in total. The minimum atomic E-state index is -1.36. The van der Waals surface area contributed by atoms with Crippen LogP contribution in [-0.4, -0.2) is 80.3 Å². The lowest BCUT2D eigenvalue weighted by Crippen LogP contribution is -2.55. The van der Waals surface area contributed by atoms with E-state index < -0.39 is 55.0 Å². The van der Waals surface area contributed by atoms with E-state index in [0.717, 1.165) is 0 Å². The number of aromatic amines is 1. The molecule has 0 bridgehead atoms. The molecule has 13 nitrogen and oxygen atoms in total. The van der Waals surface area contributed by atoms with Crippen LogP contribution in [-0.2, 0) is 32.0 Å². The van der Waals surface area contributed by atoms with Gasteiger partial charge >= 0.3 is 5.97 Å². The number of aliphatic carboxylic acids is 1. The number of hydrogen-bond acceptors (Lipinski definition) is 8. The van der Waals surface area contributed by atoms with Crippen molar-refractivity contribution in [2.75, 3.05) is 13.2 Å². The maximum absolute atomic E-state index is 12.2. The second kappa shape index (κ2) is 12.2. The number of aliphatic hydroxyl groups is 1. The van der Waals surface area contributed by atoms with Crippen molar-refractivity contribution in [1.82, 2.24) is 25.9 Å². The fourth-order valence-electron chi connectivity index (χ4n) is 2.80. The lowest BCUT2D eigenvalue weighted by molar-refractivity contribution is -0.141. The Labute approximate surface area is 188 Å². The van der Waals surface area contributed by atoms with E-state index in [2.05, 4.69) is 25.9 Å². The van der Waals surface area contributed by atoms with E-state index in [9.17, 15) is 34.5 Å². The molecule has 0 saturated heterocycles. The number of rotatable bonds is 12. The maximum atomic E-state index is 12.2. The molecular formula is C20H26N6O7. The molecule has 1 heterocycles. The molecule has 1 aromatic carbocycles. The number of aromatic hydroxyl groups is 1. The molecule has 0 aliphatic rings. The van der Waals surface area contributed by atoms with Gasteiger partial charge in [-0.25, -0.2) is 9.78 Å². The Hall–Kier alpha value is -3.97. The highest BCUT2D eigenvalue weighted by atomic mass is 16.4. The van der Waals surface area contributed by atoms with Gasteiger partial charge in [-0.05, 0) is 17.7 Å². The highest BCUT2D eigenvalue weighted by Crippen LogP contribution is 2.11. The van der Waals surface area contributed by atoms with Gasteiger partial charge in [0.2, 0.25) is 17.7 Å². The Kier molecular flexibility index (Phi) is 9.32. The van der Waals surface area contributed by atoms with Gasteiger partial charge in [-0.15, -0.1) is 0 Å². The summed E-state index contributed by atoms with van der Waals surface area (Å²) in [6, 6.07) is 2.18. The number of nitrogens with two attached hydrogens (primary N) is 1. The normalized spacial score (nSPS) is 13.4. The second-order valence-electron chi connectivity index (χ2n) is 7.18. The first-order valence-electron chi connectivity index (χ1n) is 9.91. The molecule has 33 heavy (non-hydrogen) atoms. The molecule has 0 spiro atoms. The summed E-state index contributed by atoms with van der Waals surface area (Å²) in [5.74, 6) is -3.59. The number of phenols is 1. The van der Waals surface area contributed by atoms with Gasteiger partial charge in [0, 0.05) is 24.7 Å². The molecule has 3 atom stereocenters. The van der Waals surface area contributed by atoms with Gasteiger partial charge in [0.1, 0.15) is 17.8 Å². The van der Waals surface area contributed by atoms with Gasteiger partial charge in [0.05, 0.1) is 25.5 Å². The molecule has 0 aliphatic carbocycles. The summed E-state index contributed by atoms with van der Waals surface area (Å²) in [6.07, 6.45) is 3.01. The van der Waals surface area contributed by atoms with Gasteiger partial charge in [0.15, 0.2) is 0 Å². The molecule has 2 rings (SSSR count). The molecular weight excluding hydrogens is 436 g/mol. The summed E-state index contributed by atoms with van der Waals surface area (Å²) in [4.78, 5) is 54.6. The zero-order valence-corrected chi connectivity index (χ0v) is 17.5. The zero-order valence-electron chi connectivity index (χ0n) is 17.5. The smallest absolute Gasteiger partial charge is 0.326 e. The lowest BCUT2D eigenvalue weighted by atomic mass is 10.1. The number of imidazole rings is 1. The van der Waals surface area contributed by atoms with Crippen LogP contribution in [0.3, 0.4) is 0 Å². The largest absolute Gasteiger partial charge is 0.508 e. The van der Waals surface area contributed by atoms with E-state index in [1.165, 1.54) is 36.8 Å². The van der Waals surface area contributed by atoms with Gasteiger partial charge in [-0.1, -0.05) is 12.1 Å². The molecule has 3 unspecified atom stereocenters. The third kappa shape index (κ3) is 8.23. The van der Waals surface area contributed by atoms with E-state index in [1.54, 1.807) is 0 Å². The Morgan fingerprint density at radius 3 is 2.30 bits per heavy atom. The average Bonchev–Trinajstić information content (AvgIpc) is 3.29. The van der Waals surface area contributed by atoms with Crippen LogP contribution >= 0.6 is 0 Å². The summed E-state index contributed by atoms with van der Waals surface area (Å²) in [5.41, 5.74) is 6.96. The van der Waals surface area contributed by atoms with Gasteiger partial charge in [-0.2, -0.15) is 0 Å². The first-order chi connectivity index (χ1) is 15.7. The van der Waals surface area contributed by atoms with Crippen molar-refractivity contribution in [3.63, 3.8) is 0 Å². The number of carboxylic acid groups (broad SMARTS) is 1. The number of aliphatic hydroxyl groups excluding tert-OH is 1. The Morgan fingerprint density at radius 1 is 1.03 bits per heavy atom. The summed E-state index contributed by atoms with van der Waals surface area (Å²) >= 11 is 0. The van der Waals surface area contributed by atoms with Crippen LogP contribution in [0.2, 0.25) is 0 Å². The zero-order chi connectivity index (χ0) is 24.4. The molecule has 178 valence electrons. The number of H-pyrrole nitrogens is 1. The Morgan fingerprint density at radius 2 is 1.73 bits per heavy atom. The monoisotopic (exact) mass is 462 g/mol. The number of carbonyl (C=O) groups is 4. The van der Waals surface area contributed by atoms with Crippen molar-refractivity contribution < 1.29 is 34.5 Å². The van der Waals surface area contributed by atoms with Crippen LogP contribution in [0.4, 0.5) is 0 Å². The number of aromatic nitrogens is 2. The molecule has 0 fully saturated rings. The van der Waals surface area contributed by atoms with E-state index in [-0.39, 0.29) is 18.6 Å². The van der Waals surface area contributed by atoms with E-state index in [4.69, 9.17) is 5.73 Å². The van der Waals surface area contributed by atoms with Gasteiger partial charge in [0.25, 0.3) is 0 Å². The summed E-state index contributed by atoms with van der Waals surface area (Å²) in [6.45, 7) is -1.32. The van der Waals surface area contributed by atoms with E-state index in [1.807, 2.05) is 0 Å². The summed E-state index contributed by atoms with van der Waals surface area (Å²) < 4.78 is 0. The third-order valence-corrected chi connectivity index (χ3v) is 4.58. The number of benzene rings is 1. The number of nitrogens with zero attached hydrogens (tertiary/aromatic N) is 1. The second-order valence-corrected chi connectivity index (χ2v) is 7.18. The van der Waals surface area contributed by atoms with Crippen LogP contribution in [0.15, 0.2) is 36.8 Å². The topological polar surface area (TPSA) is 220 Å².